The average Bonchev–Trinajstić information content (AvgIpc) is 3.18. The lowest BCUT2D eigenvalue weighted by Crippen LogP contribution is -2.02. The SMILES string of the molecule is Cc1cc(-c2cncc(OC(F)F)c2)nc2cn(-c3cnn(C)c3)c(O)c12. The van der Waals surface area contributed by atoms with E-state index < -0.39 is 6.61 Å². The molecule has 0 aliphatic heterocycles. The first kappa shape index (κ1) is 17.0. The van der Waals surface area contributed by atoms with Crippen LogP contribution in [0.3, 0.4) is 0 Å². The van der Waals surface area contributed by atoms with Crippen molar-refractivity contribution in [2.45, 2.75) is 13.5 Å². The normalized spacial score (nSPS) is 11.4. The van der Waals surface area contributed by atoms with Gasteiger partial charge in [0.2, 0.25) is 5.88 Å². The van der Waals surface area contributed by atoms with E-state index in [1.165, 1.54) is 18.5 Å². The zero-order chi connectivity index (χ0) is 19.1. The molecule has 138 valence electrons. The number of halogens is 2. The van der Waals surface area contributed by atoms with Crippen LogP contribution in [0.25, 0.3) is 27.8 Å². The summed E-state index contributed by atoms with van der Waals surface area (Å²) in [5, 5.41) is 15.3. The standard InChI is InChI=1S/C18H15F2N5O2/c1-10-3-14(11-4-13(7-21-5-11)27-18(19)20)23-15-9-25(17(26)16(10)15)12-6-22-24(2)8-12/h3-9,18,26H,1-2H3. The van der Waals surface area contributed by atoms with Gasteiger partial charge in [-0.1, -0.05) is 0 Å². The molecule has 0 aliphatic carbocycles. The summed E-state index contributed by atoms with van der Waals surface area (Å²) in [6.07, 6.45) is 7.83. The van der Waals surface area contributed by atoms with Crippen LogP contribution in [0.1, 0.15) is 5.56 Å². The van der Waals surface area contributed by atoms with Gasteiger partial charge in [-0.3, -0.25) is 14.2 Å². The Labute approximate surface area is 152 Å². The fraction of sp³-hybridized carbons (Fsp3) is 0.167. The molecule has 0 unspecified atom stereocenters. The Morgan fingerprint density at radius 1 is 1.15 bits per heavy atom. The number of aromatic hydroxyl groups is 1. The summed E-state index contributed by atoms with van der Waals surface area (Å²) >= 11 is 0. The highest BCUT2D eigenvalue weighted by atomic mass is 19.3. The molecule has 0 amide bonds. The molecule has 0 fully saturated rings. The van der Waals surface area contributed by atoms with Crippen molar-refractivity contribution in [1.82, 2.24) is 24.3 Å². The third kappa shape index (κ3) is 3.07. The van der Waals surface area contributed by atoms with E-state index in [-0.39, 0.29) is 11.6 Å². The maximum absolute atomic E-state index is 12.4. The van der Waals surface area contributed by atoms with Crippen LogP contribution in [0, 0.1) is 6.92 Å². The molecule has 9 heteroatoms. The van der Waals surface area contributed by atoms with Crippen LogP contribution in [0.2, 0.25) is 0 Å². The van der Waals surface area contributed by atoms with Crippen LogP contribution >= 0.6 is 0 Å². The quantitative estimate of drug-likeness (QED) is 0.595. The van der Waals surface area contributed by atoms with Crippen molar-refractivity contribution in [1.29, 1.82) is 0 Å². The monoisotopic (exact) mass is 371 g/mol. The second-order valence-electron chi connectivity index (χ2n) is 6.07. The van der Waals surface area contributed by atoms with E-state index in [1.807, 2.05) is 6.92 Å². The molecule has 0 aliphatic rings. The van der Waals surface area contributed by atoms with Gasteiger partial charge in [0.05, 0.1) is 34.7 Å². The van der Waals surface area contributed by atoms with Gasteiger partial charge in [0, 0.05) is 31.2 Å². The molecular weight excluding hydrogens is 356 g/mol. The smallest absolute Gasteiger partial charge is 0.387 e. The van der Waals surface area contributed by atoms with Crippen molar-refractivity contribution in [2.75, 3.05) is 0 Å². The van der Waals surface area contributed by atoms with E-state index in [2.05, 4.69) is 19.8 Å². The zero-order valence-corrected chi connectivity index (χ0v) is 14.5. The first-order valence-electron chi connectivity index (χ1n) is 8.03. The van der Waals surface area contributed by atoms with Gasteiger partial charge in [-0.05, 0) is 24.6 Å². The molecule has 4 heterocycles. The molecule has 4 aromatic heterocycles. The average molecular weight is 371 g/mol. The van der Waals surface area contributed by atoms with Gasteiger partial charge >= 0.3 is 6.61 Å². The Balaban J connectivity index is 1.82. The predicted octanol–water partition coefficient (Wildman–Crippen LogP) is 3.44. The first-order valence-corrected chi connectivity index (χ1v) is 8.03. The Kier molecular flexibility index (Phi) is 3.98. The number of ether oxygens (including phenoxy) is 1. The van der Waals surface area contributed by atoms with Crippen molar-refractivity contribution in [3.63, 3.8) is 0 Å². The van der Waals surface area contributed by atoms with Crippen molar-refractivity contribution in [2.24, 2.45) is 7.05 Å². The zero-order valence-electron chi connectivity index (χ0n) is 14.5. The third-order valence-corrected chi connectivity index (χ3v) is 4.15. The molecule has 0 saturated heterocycles. The Morgan fingerprint density at radius 2 is 1.96 bits per heavy atom. The fourth-order valence-electron chi connectivity index (χ4n) is 2.99. The minimum absolute atomic E-state index is 0.0437. The molecule has 4 aromatic rings. The fourth-order valence-corrected chi connectivity index (χ4v) is 2.99. The summed E-state index contributed by atoms with van der Waals surface area (Å²) in [6.45, 7) is -1.09. The van der Waals surface area contributed by atoms with Crippen LogP contribution in [0.5, 0.6) is 11.6 Å². The van der Waals surface area contributed by atoms with Gasteiger partial charge in [0.15, 0.2) is 0 Å². The Bertz CT molecular complexity index is 1140. The van der Waals surface area contributed by atoms with E-state index in [0.29, 0.717) is 27.8 Å². The number of fused-ring (bicyclic) bond motifs is 1. The van der Waals surface area contributed by atoms with E-state index in [1.54, 1.807) is 41.0 Å². The predicted molar refractivity (Wildman–Crippen MR) is 94.1 cm³/mol. The minimum atomic E-state index is -2.93. The molecule has 4 rings (SSSR count). The van der Waals surface area contributed by atoms with Crippen molar-refractivity contribution in [3.05, 3.63) is 48.7 Å². The molecule has 0 saturated carbocycles. The van der Waals surface area contributed by atoms with Crippen LogP contribution < -0.4 is 4.74 Å². The number of rotatable bonds is 4. The molecule has 27 heavy (non-hydrogen) atoms. The molecule has 0 bridgehead atoms. The molecule has 0 atom stereocenters. The summed E-state index contributed by atoms with van der Waals surface area (Å²) in [6, 6.07) is 3.21. The van der Waals surface area contributed by atoms with Gasteiger partial charge in [-0.2, -0.15) is 13.9 Å². The highest BCUT2D eigenvalue weighted by Crippen LogP contribution is 2.34. The van der Waals surface area contributed by atoms with Gasteiger partial charge < -0.3 is 9.84 Å². The Hall–Kier alpha value is -3.49. The second kappa shape index (κ2) is 6.35. The van der Waals surface area contributed by atoms with Crippen molar-refractivity contribution < 1.29 is 18.6 Å². The van der Waals surface area contributed by atoms with E-state index in [9.17, 15) is 13.9 Å². The number of aromatic nitrogens is 5. The summed E-state index contributed by atoms with van der Waals surface area (Å²) in [4.78, 5) is 8.48. The number of aryl methyl sites for hydroxylation is 2. The lowest BCUT2D eigenvalue weighted by atomic mass is 10.1. The van der Waals surface area contributed by atoms with Crippen molar-refractivity contribution in [3.8, 4) is 28.6 Å². The summed E-state index contributed by atoms with van der Waals surface area (Å²) in [5.41, 5.74) is 3.12. The molecule has 0 aromatic carbocycles. The third-order valence-electron chi connectivity index (χ3n) is 4.15. The van der Waals surface area contributed by atoms with Crippen LogP contribution in [-0.2, 0) is 7.05 Å². The summed E-state index contributed by atoms with van der Waals surface area (Å²) in [5.74, 6) is 0.0142. The van der Waals surface area contributed by atoms with Crippen LogP contribution in [0.15, 0.2) is 43.1 Å². The number of alkyl halides is 2. The molecule has 0 radical (unpaired) electrons. The molecule has 7 nitrogen and oxygen atoms in total. The lowest BCUT2D eigenvalue weighted by molar-refractivity contribution is -0.0500. The summed E-state index contributed by atoms with van der Waals surface area (Å²) < 4.78 is 32.5. The number of hydrogen-bond acceptors (Lipinski definition) is 5. The van der Waals surface area contributed by atoms with E-state index in [0.717, 1.165) is 5.56 Å². The lowest BCUT2D eigenvalue weighted by Gasteiger charge is -2.07. The minimum Gasteiger partial charge on any atom is -0.494 e. The van der Waals surface area contributed by atoms with Gasteiger partial charge in [-0.15, -0.1) is 0 Å². The van der Waals surface area contributed by atoms with Gasteiger partial charge in [-0.25, -0.2) is 4.98 Å². The number of hydrogen-bond donors (Lipinski definition) is 1. The molecular formula is C18H15F2N5O2. The largest absolute Gasteiger partial charge is 0.494 e. The van der Waals surface area contributed by atoms with Crippen LogP contribution in [0.4, 0.5) is 8.78 Å². The topological polar surface area (TPSA) is 78.0 Å². The highest BCUT2D eigenvalue weighted by molar-refractivity contribution is 5.90. The number of nitrogens with zero attached hydrogens (tertiary/aromatic N) is 5. The van der Waals surface area contributed by atoms with Crippen molar-refractivity contribution >= 4 is 10.9 Å². The molecule has 1 N–H and O–H groups in total. The molecule has 0 spiro atoms. The second-order valence-corrected chi connectivity index (χ2v) is 6.07. The first-order chi connectivity index (χ1) is 12.9. The maximum atomic E-state index is 12.4. The maximum Gasteiger partial charge on any atom is 0.387 e. The summed E-state index contributed by atoms with van der Waals surface area (Å²) in [7, 11) is 1.78. The van der Waals surface area contributed by atoms with Crippen LogP contribution in [-0.4, -0.2) is 36.0 Å². The Morgan fingerprint density at radius 3 is 2.67 bits per heavy atom. The van der Waals surface area contributed by atoms with Gasteiger partial charge in [0.25, 0.3) is 0 Å². The van der Waals surface area contributed by atoms with E-state index in [4.69, 9.17) is 0 Å². The number of pyridine rings is 2. The highest BCUT2D eigenvalue weighted by Gasteiger charge is 2.16. The van der Waals surface area contributed by atoms with Gasteiger partial charge in [0.1, 0.15) is 5.75 Å². The van der Waals surface area contributed by atoms with E-state index >= 15 is 0 Å².